The minimum Gasteiger partial charge on any atom is -0.297 e. The highest BCUT2D eigenvalue weighted by atomic mass is 32.2. The van der Waals surface area contributed by atoms with Crippen LogP contribution in [0, 0.1) is 5.82 Å². The van der Waals surface area contributed by atoms with Crippen molar-refractivity contribution in [3.63, 3.8) is 0 Å². The van der Waals surface area contributed by atoms with E-state index >= 15 is 0 Å². The molecule has 2 aromatic carbocycles. The second kappa shape index (κ2) is 7.91. The third-order valence-corrected chi connectivity index (χ3v) is 6.17. The third-order valence-electron chi connectivity index (χ3n) is 4.26. The fourth-order valence-electron chi connectivity index (χ4n) is 2.81. The first-order valence-corrected chi connectivity index (χ1v) is 9.69. The Labute approximate surface area is 148 Å². The lowest BCUT2D eigenvalue weighted by Gasteiger charge is -2.33. The van der Waals surface area contributed by atoms with Gasteiger partial charge in [0.2, 0.25) is 10.0 Å². The van der Waals surface area contributed by atoms with Crippen molar-refractivity contribution in [1.82, 2.24) is 9.21 Å². The summed E-state index contributed by atoms with van der Waals surface area (Å²) in [6.07, 6.45) is 4.17. The number of nitrogens with zero attached hydrogens (tertiary/aromatic N) is 2. The van der Waals surface area contributed by atoms with E-state index in [9.17, 15) is 12.8 Å². The topological polar surface area (TPSA) is 40.6 Å². The van der Waals surface area contributed by atoms with Crippen LogP contribution in [0.3, 0.4) is 0 Å². The monoisotopic (exact) mass is 360 g/mol. The lowest BCUT2D eigenvalue weighted by Crippen LogP contribution is -2.48. The summed E-state index contributed by atoms with van der Waals surface area (Å²) < 4.78 is 39.6. The van der Waals surface area contributed by atoms with E-state index in [1.807, 2.05) is 30.3 Å². The minimum absolute atomic E-state index is 0.145. The Morgan fingerprint density at radius 3 is 2.20 bits per heavy atom. The Morgan fingerprint density at radius 2 is 1.56 bits per heavy atom. The number of benzene rings is 2. The zero-order valence-electron chi connectivity index (χ0n) is 13.9. The van der Waals surface area contributed by atoms with Gasteiger partial charge in [-0.25, -0.2) is 12.8 Å². The van der Waals surface area contributed by atoms with Gasteiger partial charge < -0.3 is 0 Å². The second-order valence-corrected chi connectivity index (χ2v) is 7.91. The number of sulfonamides is 1. The van der Waals surface area contributed by atoms with E-state index in [-0.39, 0.29) is 4.90 Å². The smallest absolute Gasteiger partial charge is 0.243 e. The summed E-state index contributed by atoms with van der Waals surface area (Å²) in [7, 11) is -3.54. The SMILES string of the molecule is O=S(=O)(c1ccc(F)cc1)N1CCN(C/C=C\c2ccccc2)CC1. The van der Waals surface area contributed by atoms with Crippen LogP contribution in [0.15, 0.2) is 65.6 Å². The summed E-state index contributed by atoms with van der Waals surface area (Å²) in [4.78, 5) is 2.36. The van der Waals surface area contributed by atoms with E-state index in [1.54, 1.807) is 0 Å². The highest BCUT2D eigenvalue weighted by molar-refractivity contribution is 7.89. The Balaban J connectivity index is 1.54. The summed E-state index contributed by atoms with van der Waals surface area (Å²) in [5.41, 5.74) is 1.15. The predicted molar refractivity (Wildman–Crippen MR) is 97.1 cm³/mol. The van der Waals surface area contributed by atoms with E-state index < -0.39 is 15.8 Å². The molecule has 1 saturated heterocycles. The summed E-state index contributed by atoms with van der Waals surface area (Å²) in [6.45, 7) is 3.04. The molecule has 0 unspecified atom stereocenters. The van der Waals surface area contributed by atoms with Gasteiger partial charge in [0.25, 0.3) is 0 Å². The van der Waals surface area contributed by atoms with E-state index in [4.69, 9.17) is 0 Å². The third kappa shape index (κ3) is 4.54. The highest BCUT2D eigenvalue weighted by Gasteiger charge is 2.27. The van der Waals surface area contributed by atoms with Crippen molar-refractivity contribution < 1.29 is 12.8 Å². The van der Waals surface area contributed by atoms with Gasteiger partial charge in [-0.3, -0.25) is 4.90 Å². The van der Waals surface area contributed by atoms with E-state index in [0.717, 1.165) is 12.1 Å². The molecule has 0 atom stereocenters. The van der Waals surface area contributed by atoms with Crippen molar-refractivity contribution in [2.24, 2.45) is 0 Å². The molecule has 0 saturated carbocycles. The Hall–Kier alpha value is -2.02. The molecular weight excluding hydrogens is 339 g/mol. The number of piperazine rings is 1. The first-order chi connectivity index (χ1) is 12.1. The van der Waals surface area contributed by atoms with Crippen molar-refractivity contribution in [2.45, 2.75) is 4.90 Å². The van der Waals surface area contributed by atoms with Crippen LogP contribution in [0.2, 0.25) is 0 Å². The summed E-state index contributed by atoms with van der Waals surface area (Å²) >= 11 is 0. The normalized spacial score (nSPS) is 17.2. The van der Waals surface area contributed by atoms with Gasteiger partial charge in [-0.1, -0.05) is 42.5 Å². The Bertz CT molecular complexity index is 812. The lowest BCUT2D eigenvalue weighted by molar-refractivity contribution is 0.204. The van der Waals surface area contributed by atoms with E-state index in [2.05, 4.69) is 17.1 Å². The molecule has 1 heterocycles. The number of rotatable bonds is 5. The van der Waals surface area contributed by atoms with Crippen molar-refractivity contribution in [3.05, 3.63) is 72.1 Å². The summed E-state index contributed by atoms with van der Waals surface area (Å²) in [5, 5.41) is 0. The molecule has 2 aromatic rings. The van der Waals surface area contributed by atoms with Crippen LogP contribution in [-0.4, -0.2) is 50.3 Å². The molecule has 0 amide bonds. The number of hydrogen-bond acceptors (Lipinski definition) is 3. The largest absolute Gasteiger partial charge is 0.297 e. The van der Waals surface area contributed by atoms with Crippen molar-refractivity contribution in [1.29, 1.82) is 0 Å². The molecule has 0 N–H and O–H groups in total. The molecule has 0 aliphatic carbocycles. The Morgan fingerprint density at radius 1 is 0.920 bits per heavy atom. The molecule has 1 fully saturated rings. The van der Waals surface area contributed by atoms with Gasteiger partial charge in [0.15, 0.2) is 0 Å². The number of halogens is 1. The molecule has 0 spiro atoms. The molecule has 25 heavy (non-hydrogen) atoms. The lowest BCUT2D eigenvalue weighted by atomic mass is 10.2. The maximum absolute atomic E-state index is 13.0. The first kappa shape index (κ1) is 17.8. The van der Waals surface area contributed by atoms with Gasteiger partial charge in [0.05, 0.1) is 4.90 Å². The van der Waals surface area contributed by atoms with Gasteiger partial charge in [0.1, 0.15) is 5.82 Å². The van der Waals surface area contributed by atoms with Gasteiger partial charge in [-0.05, 0) is 29.8 Å². The molecule has 4 nitrogen and oxygen atoms in total. The number of hydrogen-bond donors (Lipinski definition) is 0. The molecule has 3 rings (SSSR count). The van der Waals surface area contributed by atoms with Crippen LogP contribution < -0.4 is 0 Å². The van der Waals surface area contributed by atoms with Gasteiger partial charge >= 0.3 is 0 Å². The van der Waals surface area contributed by atoms with Crippen molar-refractivity contribution in [2.75, 3.05) is 32.7 Å². The molecule has 132 valence electrons. The highest BCUT2D eigenvalue weighted by Crippen LogP contribution is 2.18. The molecular formula is C19H21FN2O2S. The maximum Gasteiger partial charge on any atom is 0.243 e. The predicted octanol–water partition coefficient (Wildman–Crippen LogP) is 2.85. The fraction of sp³-hybridized carbons (Fsp3) is 0.263. The quantitative estimate of drug-likeness (QED) is 0.823. The molecule has 0 bridgehead atoms. The fourth-order valence-corrected chi connectivity index (χ4v) is 4.23. The van der Waals surface area contributed by atoms with Gasteiger partial charge in [0, 0.05) is 32.7 Å². The maximum atomic E-state index is 13.0. The second-order valence-electron chi connectivity index (χ2n) is 5.97. The zero-order valence-corrected chi connectivity index (χ0v) is 14.7. The summed E-state index contributed by atoms with van der Waals surface area (Å²) in [6, 6.07) is 15.1. The summed E-state index contributed by atoms with van der Waals surface area (Å²) in [5.74, 6) is -0.436. The van der Waals surface area contributed by atoms with Crippen LogP contribution in [-0.2, 0) is 10.0 Å². The average Bonchev–Trinajstić information content (AvgIpc) is 2.63. The molecule has 6 heteroatoms. The molecule has 0 radical (unpaired) electrons. The standard InChI is InChI=1S/C19H21FN2O2S/c20-18-8-10-19(11-9-18)25(23,24)22-15-13-21(14-16-22)12-4-7-17-5-2-1-3-6-17/h1-11H,12-16H2/b7-4-. The van der Waals surface area contributed by atoms with Crippen molar-refractivity contribution >= 4 is 16.1 Å². The van der Waals surface area contributed by atoms with E-state index in [1.165, 1.54) is 28.6 Å². The van der Waals surface area contributed by atoms with Crippen LogP contribution in [0.1, 0.15) is 5.56 Å². The average molecular weight is 360 g/mol. The van der Waals surface area contributed by atoms with Crippen LogP contribution in [0.4, 0.5) is 4.39 Å². The van der Waals surface area contributed by atoms with Crippen LogP contribution >= 0.6 is 0 Å². The van der Waals surface area contributed by atoms with Crippen LogP contribution in [0.25, 0.3) is 6.08 Å². The van der Waals surface area contributed by atoms with Gasteiger partial charge in [-0.15, -0.1) is 0 Å². The first-order valence-electron chi connectivity index (χ1n) is 8.25. The van der Waals surface area contributed by atoms with E-state index in [0.29, 0.717) is 26.2 Å². The molecule has 1 aliphatic rings. The molecule has 1 aliphatic heterocycles. The molecule has 0 aromatic heterocycles. The zero-order chi connectivity index (χ0) is 17.7. The van der Waals surface area contributed by atoms with Crippen molar-refractivity contribution in [3.8, 4) is 0 Å². The Kier molecular flexibility index (Phi) is 5.63. The minimum atomic E-state index is -3.54. The van der Waals surface area contributed by atoms with Crippen LogP contribution in [0.5, 0.6) is 0 Å². The van der Waals surface area contributed by atoms with Gasteiger partial charge in [-0.2, -0.15) is 4.31 Å².